The first-order valence-corrected chi connectivity index (χ1v) is 11.5. The molecule has 11 heteroatoms. The van der Waals surface area contributed by atoms with E-state index in [1.165, 1.54) is 12.8 Å². The molecular weight excluding hydrogens is 426 g/mol. The number of anilines is 3. The van der Waals surface area contributed by atoms with Gasteiger partial charge in [0.1, 0.15) is 0 Å². The fraction of sp³-hybridized carbons (Fsp3) is 0.591. The number of hydrogen-bond acceptors (Lipinski definition) is 11. The Morgan fingerprint density at radius 3 is 2.42 bits per heavy atom. The molecule has 5 N–H and O–H groups in total. The molecule has 2 aliphatic rings. The standard InChI is InChI=1S/C22H33N7O4/c23-7-9-30-11-12-31-10-8-24-20-27-21(29-22(28-20)26-17-3-1-2-4-17)25-14-16-5-6-18-19(13-16)33-15-32-18/h5-6,13,17H,1-4,7-12,14-15,23H2,(H3,24,25,26,27,28,29). The van der Waals surface area contributed by atoms with Gasteiger partial charge in [0.2, 0.25) is 24.6 Å². The van der Waals surface area contributed by atoms with E-state index in [0.29, 0.717) is 69.9 Å². The Kier molecular flexibility index (Phi) is 8.73. The quantitative estimate of drug-likeness (QED) is 0.308. The Morgan fingerprint density at radius 2 is 1.61 bits per heavy atom. The first-order valence-electron chi connectivity index (χ1n) is 11.5. The van der Waals surface area contributed by atoms with Crippen LogP contribution in [0.5, 0.6) is 11.5 Å². The number of nitrogens with zero attached hydrogens (tertiary/aromatic N) is 3. The van der Waals surface area contributed by atoms with Crippen LogP contribution in [0, 0.1) is 0 Å². The van der Waals surface area contributed by atoms with E-state index in [9.17, 15) is 0 Å². The molecule has 33 heavy (non-hydrogen) atoms. The normalized spacial score (nSPS) is 15.1. The molecule has 1 saturated carbocycles. The van der Waals surface area contributed by atoms with Gasteiger partial charge in [-0.05, 0) is 30.5 Å². The minimum atomic E-state index is 0.259. The van der Waals surface area contributed by atoms with Crippen LogP contribution in [-0.4, -0.2) is 67.3 Å². The van der Waals surface area contributed by atoms with Crippen LogP contribution in [0.15, 0.2) is 18.2 Å². The number of nitrogens with two attached hydrogens (primary N) is 1. The van der Waals surface area contributed by atoms with Crippen LogP contribution in [0.2, 0.25) is 0 Å². The van der Waals surface area contributed by atoms with E-state index < -0.39 is 0 Å². The zero-order chi connectivity index (χ0) is 22.7. The third-order valence-electron chi connectivity index (χ3n) is 5.38. The van der Waals surface area contributed by atoms with Crippen LogP contribution >= 0.6 is 0 Å². The Bertz CT molecular complexity index is 880. The third-order valence-corrected chi connectivity index (χ3v) is 5.38. The Labute approximate surface area is 193 Å². The lowest BCUT2D eigenvalue weighted by Crippen LogP contribution is -2.20. The number of nitrogens with one attached hydrogen (secondary N) is 3. The van der Waals surface area contributed by atoms with E-state index in [-0.39, 0.29) is 6.79 Å². The van der Waals surface area contributed by atoms with Gasteiger partial charge in [0.25, 0.3) is 0 Å². The summed E-state index contributed by atoms with van der Waals surface area (Å²) in [5.41, 5.74) is 6.44. The zero-order valence-electron chi connectivity index (χ0n) is 18.8. The number of hydrogen-bond donors (Lipinski definition) is 4. The molecule has 0 bridgehead atoms. The summed E-state index contributed by atoms with van der Waals surface area (Å²) in [6.07, 6.45) is 4.73. The summed E-state index contributed by atoms with van der Waals surface area (Å²) in [5.74, 6) is 3.10. The van der Waals surface area contributed by atoms with E-state index in [1.54, 1.807) is 0 Å². The van der Waals surface area contributed by atoms with Crippen molar-refractivity contribution in [2.75, 3.05) is 62.3 Å². The van der Waals surface area contributed by atoms with Crippen LogP contribution in [0.25, 0.3) is 0 Å². The van der Waals surface area contributed by atoms with Crippen LogP contribution in [0.4, 0.5) is 17.8 Å². The Hall–Kier alpha value is -2.89. The lowest BCUT2D eigenvalue weighted by molar-refractivity contribution is 0.0547. The maximum atomic E-state index is 5.56. The van der Waals surface area contributed by atoms with Gasteiger partial charge in [-0.2, -0.15) is 15.0 Å². The molecule has 0 spiro atoms. The van der Waals surface area contributed by atoms with Gasteiger partial charge in [-0.25, -0.2) is 0 Å². The van der Waals surface area contributed by atoms with Gasteiger partial charge in [-0.15, -0.1) is 0 Å². The molecule has 4 rings (SSSR count). The molecule has 0 radical (unpaired) electrons. The molecule has 1 fully saturated rings. The molecule has 0 saturated heterocycles. The molecule has 1 aliphatic carbocycles. The Morgan fingerprint density at radius 1 is 0.879 bits per heavy atom. The fourth-order valence-corrected chi connectivity index (χ4v) is 3.72. The minimum Gasteiger partial charge on any atom is -0.454 e. The summed E-state index contributed by atoms with van der Waals surface area (Å²) in [7, 11) is 0. The molecule has 0 amide bonds. The maximum Gasteiger partial charge on any atom is 0.231 e. The van der Waals surface area contributed by atoms with E-state index in [1.807, 2.05) is 18.2 Å². The SMILES string of the molecule is NCCOCCOCCNc1nc(NCc2ccc3c(c2)OCO3)nc(NC2CCCC2)n1. The van der Waals surface area contributed by atoms with Crippen LogP contribution in [-0.2, 0) is 16.0 Å². The summed E-state index contributed by atoms with van der Waals surface area (Å²) in [6, 6.07) is 6.27. The first kappa shape index (κ1) is 23.3. The summed E-state index contributed by atoms with van der Waals surface area (Å²) in [6.45, 7) is 4.02. The molecule has 11 nitrogen and oxygen atoms in total. The second kappa shape index (κ2) is 12.4. The summed E-state index contributed by atoms with van der Waals surface area (Å²) in [5, 5.41) is 9.96. The van der Waals surface area contributed by atoms with Crippen molar-refractivity contribution in [2.24, 2.45) is 5.73 Å². The topological polar surface area (TPSA) is 138 Å². The highest BCUT2D eigenvalue weighted by molar-refractivity contribution is 5.46. The van der Waals surface area contributed by atoms with Gasteiger partial charge in [-0.3, -0.25) is 0 Å². The van der Waals surface area contributed by atoms with Crippen LogP contribution < -0.4 is 31.2 Å². The lowest BCUT2D eigenvalue weighted by atomic mass is 10.2. The highest BCUT2D eigenvalue weighted by Gasteiger charge is 2.17. The number of fused-ring (bicyclic) bond motifs is 1. The molecule has 1 aromatic heterocycles. The van der Waals surface area contributed by atoms with Crippen molar-refractivity contribution in [3.63, 3.8) is 0 Å². The van der Waals surface area contributed by atoms with E-state index >= 15 is 0 Å². The predicted molar refractivity (Wildman–Crippen MR) is 125 cm³/mol. The second-order valence-electron chi connectivity index (χ2n) is 7.91. The molecule has 180 valence electrons. The molecule has 1 aromatic carbocycles. The van der Waals surface area contributed by atoms with E-state index in [0.717, 1.165) is 29.9 Å². The average Bonchev–Trinajstić information content (AvgIpc) is 3.51. The largest absolute Gasteiger partial charge is 0.454 e. The highest BCUT2D eigenvalue weighted by atomic mass is 16.7. The van der Waals surface area contributed by atoms with Crippen molar-refractivity contribution in [2.45, 2.75) is 38.3 Å². The molecule has 0 atom stereocenters. The van der Waals surface area contributed by atoms with Crippen molar-refractivity contribution in [3.05, 3.63) is 23.8 Å². The number of benzene rings is 1. The summed E-state index contributed by atoms with van der Waals surface area (Å²) >= 11 is 0. The average molecular weight is 460 g/mol. The highest BCUT2D eigenvalue weighted by Crippen LogP contribution is 2.32. The Balaban J connectivity index is 1.32. The van der Waals surface area contributed by atoms with E-state index in [4.69, 9.17) is 24.7 Å². The number of ether oxygens (including phenoxy) is 4. The summed E-state index contributed by atoms with van der Waals surface area (Å²) in [4.78, 5) is 13.6. The molecule has 1 aliphatic heterocycles. The van der Waals surface area contributed by atoms with Crippen LogP contribution in [0.3, 0.4) is 0 Å². The van der Waals surface area contributed by atoms with Gasteiger partial charge >= 0.3 is 0 Å². The molecule has 2 heterocycles. The summed E-state index contributed by atoms with van der Waals surface area (Å²) < 4.78 is 21.7. The monoisotopic (exact) mass is 459 g/mol. The van der Waals surface area contributed by atoms with Gasteiger partial charge in [0.05, 0.1) is 26.4 Å². The van der Waals surface area contributed by atoms with Gasteiger partial charge in [-0.1, -0.05) is 18.9 Å². The van der Waals surface area contributed by atoms with Crippen LogP contribution in [0.1, 0.15) is 31.2 Å². The second-order valence-corrected chi connectivity index (χ2v) is 7.91. The number of aromatic nitrogens is 3. The minimum absolute atomic E-state index is 0.259. The van der Waals surface area contributed by atoms with Crippen molar-refractivity contribution < 1.29 is 18.9 Å². The van der Waals surface area contributed by atoms with Gasteiger partial charge in [0, 0.05) is 25.7 Å². The van der Waals surface area contributed by atoms with Crippen molar-refractivity contribution in [1.82, 2.24) is 15.0 Å². The van der Waals surface area contributed by atoms with Gasteiger partial charge < -0.3 is 40.6 Å². The zero-order valence-corrected chi connectivity index (χ0v) is 18.8. The maximum absolute atomic E-state index is 5.56. The smallest absolute Gasteiger partial charge is 0.231 e. The number of rotatable bonds is 14. The molecule has 2 aromatic rings. The molecule has 0 unspecified atom stereocenters. The van der Waals surface area contributed by atoms with E-state index in [2.05, 4.69) is 30.9 Å². The van der Waals surface area contributed by atoms with Gasteiger partial charge in [0.15, 0.2) is 11.5 Å². The lowest BCUT2D eigenvalue weighted by Gasteiger charge is -2.15. The predicted octanol–water partition coefficient (Wildman–Crippen LogP) is 1.97. The van der Waals surface area contributed by atoms with Crippen molar-refractivity contribution >= 4 is 17.8 Å². The van der Waals surface area contributed by atoms with Crippen molar-refractivity contribution in [1.29, 1.82) is 0 Å². The van der Waals surface area contributed by atoms with Crippen molar-refractivity contribution in [3.8, 4) is 11.5 Å². The fourth-order valence-electron chi connectivity index (χ4n) is 3.72. The molecular formula is C22H33N7O4. The third kappa shape index (κ3) is 7.31. The first-order chi connectivity index (χ1) is 16.3.